The Labute approximate surface area is 166 Å². The number of halogens is 1. The molecule has 28 heavy (non-hydrogen) atoms. The van der Waals surface area contributed by atoms with E-state index in [1.807, 2.05) is 0 Å². The first-order valence-corrected chi connectivity index (χ1v) is 8.74. The summed E-state index contributed by atoms with van der Waals surface area (Å²) in [5.74, 6) is 0.753. The van der Waals surface area contributed by atoms with E-state index >= 15 is 0 Å². The Morgan fingerprint density at radius 1 is 1.04 bits per heavy atom. The molecule has 0 saturated heterocycles. The minimum absolute atomic E-state index is 0.220. The van der Waals surface area contributed by atoms with E-state index in [2.05, 4.69) is 10.4 Å². The molecule has 7 nitrogen and oxygen atoms in total. The number of amides is 1. The van der Waals surface area contributed by atoms with E-state index < -0.39 is 0 Å². The summed E-state index contributed by atoms with van der Waals surface area (Å²) in [7, 11) is 3.09. The first-order valence-electron chi connectivity index (χ1n) is 8.36. The number of nitrogens with one attached hydrogen (secondary N) is 1. The van der Waals surface area contributed by atoms with Gasteiger partial charge in [0.1, 0.15) is 6.54 Å². The van der Waals surface area contributed by atoms with Crippen molar-refractivity contribution in [3.63, 3.8) is 0 Å². The van der Waals surface area contributed by atoms with Crippen molar-refractivity contribution in [2.24, 2.45) is 0 Å². The molecule has 2 aromatic carbocycles. The Bertz CT molecular complexity index is 1050. The highest BCUT2D eigenvalue weighted by Crippen LogP contribution is 2.31. The van der Waals surface area contributed by atoms with Gasteiger partial charge in [0.25, 0.3) is 5.56 Å². The second kappa shape index (κ2) is 8.58. The van der Waals surface area contributed by atoms with Gasteiger partial charge in [0.15, 0.2) is 11.5 Å². The third-order valence-corrected chi connectivity index (χ3v) is 4.22. The van der Waals surface area contributed by atoms with Crippen LogP contribution in [-0.4, -0.2) is 29.9 Å². The molecule has 0 radical (unpaired) electrons. The molecule has 1 amide bonds. The van der Waals surface area contributed by atoms with Gasteiger partial charge in [-0.15, -0.1) is 0 Å². The van der Waals surface area contributed by atoms with Crippen LogP contribution in [-0.2, 0) is 11.3 Å². The fourth-order valence-corrected chi connectivity index (χ4v) is 2.71. The van der Waals surface area contributed by atoms with Crippen LogP contribution in [0.3, 0.4) is 0 Å². The molecule has 3 aromatic rings. The highest BCUT2D eigenvalue weighted by molar-refractivity contribution is 6.30. The molecule has 3 rings (SSSR count). The topological polar surface area (TPSA) is 82.5 Å². The van der Waals surface area contributed by atoms with Crippen LogP contribution in [0.2, 0.25) is 5.02 Å². The van der Waals surface area contributed by atoms with E-state index in [0.717, 1.165) is 10.2 Å². The number of carbonyl (C=O) groups excluding carboxylic acids is 1. The van der Waals surface area contributed by atoms with E-state index in [1.165, 1.54) is 13.2 Å². The van der Waals surface area contributed by atoms with Crippen molar-refractivity contribution in [3.8, 4) is 22.8 Å². The van der Waals surface area contributed by atoms with Gasteiger partial charge in [-0.3, -0.25) is 9.59 Å². The number of methoxy groups -OCH3 is 2. The maximum atomic E-state index is 12.3. The number of rotatable bonds is 6. The van der Waals surface area contributed by atoms with Gasteiger partial charge in [-0.1, -0.05) is 11.6 Å². The Morgan fingerprint density at radius 3 is 2.43 bits per heavy atom. The number of nitrogens with zero attached hydrogens (tertiary/aromatic N) is 2. The van der Waals surface area contributed by atoms with E-state index in [1.54, 1.807) is 55.6 Å². The zero-order valence-electron chi connectivity index (χ0n) is 15.3. The summed E-state index contributed by atoms with van der Waals surface area (Å²) in [5, 5.41) is 7.57. The maximum Gasteiger partial charge on any atom is 0.267 e. The number of aromatic nitrogens is 2. The Balaban J connectivity index is 1.82. The van der Waals surface area contributed by atoms with Crippen molar-refractivity contribution in [1.82, 2.24) is 9.78 Å². The second-order valence-corrected chi connectivity index (χ2v) is 6.28. The van der Waals surface area contributed by atoms with Crippen molar-refractivity contribution >= 4 is 23.2 Å². The molecule has 0 unspecified atom stereocenters. The normalized spacial score (nSPS) is 10.4. The molecule has 0 aliphatic rings. The highest BCUT2D eigenvalue weighted by Gasteiger charge is 2.11. The summed E-state index contributed by atoms with van der Waals surface area (Å²) < 4.78 is 11.6. The molecular formula is C20H18ClN3O4. The molecule has 0 spiro atoms. The van der Waals surface area contributed by atoms with Crippen molar-refractivity contribution in [2.45, 2.75) is 6.54 Å². The SMILES string of the molecule is COc1ccc(-c2ccc(=O)n(CC(=O)Nc3ccc(Cl)cc3)n2)cc1OC. The van der Waals surface area contributed by atoms with E-state index in [9.17, 15) is 9.59 Å². The summed E-state index contributed by atoms with van der Waals surface area (Å²) in [6.45, 7) is -0.220. The summed E-state index contributed by atoms with van der Waals surface area (Å²) in [6, 6.07) is 15.0. The van der Waals surface area contributed by atoms with Crippen LogP contribution in [0.1, 0.15) is 0 Å². The van der Waals surface area contributed by atoms with Crippen LogP contribution in [0.15, 0.2) is 59.4 Å². The van der Waals surface area contributed by atoms with Gasteiger partial charge >= 0.3 is 0 Å². The fourth-order valence-electron chi connectivity index (χ4n) is 2.58. The highest BCUT2D eigenvalue weighted by atomic mass is 35.5. The van der Waals surface area contributed by atoms with Crippen LogP contribution in [0.5, 0.6) is 11.5 Å². The lowest BCUT2D eigenvalue weighted by Gasteiger charge is -2.11. The van der Waals surface area contributed by atoms with Crippen LogP contribution in [0, 0.1) is 0 Å². The third kappa shape index (κ3) is 4.50. The second-order valence-electron chi connectivity index (χ2n) is 5.84. The smallest absolute Gasteiger partial charge is 0.267 e. The minimum Gasteiger partial charge on any atom is -0.493 e. The zero-order valence-corrected chi connectivity index (χ0v) is 16.1. The molecule has 0 aliphatic heterocycles. The number of ether oxygens (including phenoxy) is 2. The zero-order chi connectivity index (χ0) is 20.1. The van der Waals surface area contributed by atoms with Gasteiger partial charge in [0.2, 0.25) is 5.91 Å². The first kappa shape index (κ1) is 19.4. The van der Waals surface area contributed by atoms with Crippen molar-refractivity contribution in [1.29, 1.82) is 0 Å². The van der Waals surface area contributed by atoms with E-state index in [4.69, 9.17) is 21.1 Å². The molecular weight excluding hydrogens is 382 g/mol. The molecule has 1 N–H and O–H groups in total. The predicted octanol–water partition coefficient (Wildman–Crippen LogP) is 3.22. The lowest BCUT2D eigenvalue weighted by Crippen LogP contribution is -2.29. The number of hydrogen-bond donors (Lipinski definition) is 1. The predicted molar refractivity (Wildman–Crippen MR) is 107 cm³/mol. The monoisotopic (exact) mass is 399 g/mol. The number of benzene rings is 2. The Kier molecular flexibility index (Phi) is 5.96. The quantitative estimate of drug-likeness (QED) is 0.688. The van der Waals surface area contributed by atoms with Gasteiger partial charge in [-0.05, 0) is 48.5 Å². The van der Waals surface area contributed by atoms with Crippen molar-refractivity contribution < 1.29 is 14.3 Å². The van der Waals surface area contributed by atoms with Gasteiger partial charge in [0, 0.05) is 22.3 Å². The summed E-state index contributed by atoms with van der Waals surface area (Å²) in [4.78, 5) is 24.4. The fraction of sp³-hybridized carbons (Fsp3) is 0.150. The van der Waals surface area contributed by atoms with Crippen LogP contribution < -0.4 is 20.3 Å². The summed E-state index contributed by atoms with van der Waals surface area (Å²) in [5.41, 5.74) is 1.46. The number of anilines is 1. The first-order chi connectivity index (χ1) is 13.5. The van der Waals surface area contributed by atoms with E-state index in [0.29, 0.717) is 27.9 Å². The minimum atomic E-state index is -0.379. The van der Waals surface area contributed by atoms with Gasteiger partial charge in [-0.25, -0.2) is 4.68 Å². The van der Waals surface area contributed by atoms with Gasteiger partial charge in [-0.2, -0.15) is 5.10 Å². The standard InChI is InChI=1S/C20H18ClN3O4/c1-27-17-9-3-13(11-18(17)28-2)16-8-10-20(26)24(23-16)12-19(25)22-15-6-4-14(21)5-7-15/h3-11H,12H2,1-2H3,(H,22,25). The average molecular weight is 400 g/mol. The van der Waals surface area contributed by atoms with E-state index in [-0.39, 0.29) is 18.0 Å². The van der Waals surface area contributed by atoms with Crippen LogP contribution >= 0.6 is 11.6 Å². The summed E-state index contributed by atoms with van der Waals surface area (Å²) >= 11 is 5.83. The molecule has 0 aliphatic carbocycles. The molecule has 1 aromatic heterocycles. The molecule has 144 valence electrons. The third-order valence-electron chi connectivity index (χ3n) is 3.97. The molecule has 8 heteroatoms. The molecule has 0 saturated carbocycles. The number of hydrogen-bond acceptors (Lipinski definition) is 5. The Morgan fingerprint density at radius 2 is 1.75 bits per heavy atom. The average Bonchev–Trinajstić information content (AvgIpc) is 2.70. The largest absolute Gasteiger partial charge is 0.493 e. The maximum absolute atomic E-state index is 12.3. The molecule has 0 bridgehead atoms. The van der Waals surface area contributed by atoms with Gasteiger partial charge in [0.05, 0.1) is 19.9 Å². The van der Waals surface area contributed by atoms with Crippen LogP contribution in [0.25, 0.3) is 11.3 Å². The Hall–Kier alpha value is -3.32. The lowest BCUT2D eigenvalue weighted by molar-refractivity contribution is -0.117. The van der Waals surface area contributed by atoms with Crippen molar-refractivity contribution in [3.05, 3.63) is 70.0 Å². The molecule has 0 atom stereocenters. The summed E-state index contributed by atoms with van der Waals surface area (Å²) in [6.07, 6.45) is 0. The lowest BCUT2D eigenvalue weighted by atomic mass is 10.1. The van der Waals surface area contributed by atoms with Crippen LogP contribution in [0.4, 0.5) is 5.69 Å². The van der Waals surface area contributed by atoms with Gasteiger partial charge < -0.3 is 14.8 Å². The van der Waals surface area contributed by atoms with Crippen molar-refractivity contribution in [2.75, 3.05) is 19.5 Å². The molecule has 1 heterocycles. The molecule has 0 fully saturated rings. The number of carbonyl (C=O) groups is 1.